The van der Waals surface area contributed by atoms with Crippen molar-refractivity contribution in [2.75, 3.05) is 0 Å². The van der Waals surface area contributed by atoms with Crippen molar-refractivity contribution >= 4 is 54.6 Å². The van der Waals surface area contributed by atoms with Crippen LogP contribution in [0.25, 0.3) is 105 Å². The van der Waals surface area contributed by atoms with Crippen molar-refractivity contribution in [1.82, 2.24) is 19.5 Å². The van der Waals surface area contributed by atoms with Crippen LogP contribution in [0.15, 0.2) is 186 Å². The number of nitrogens with zero attached hydrogens (tertiary/aromatic N) is 4. The van der Waals surface area contributed by atoms with E-state index in [9.17, 15) is 0 Å². The lowest BCUT2D eigenvalue weighted by atomic mass is 9.98. The van der Waals surface area contributed by atoms with Crippen molar-refractivity contribution in [2.24, 2.45) is 0 Å². The maximum absolute atomic E-state index is 7.09. The molecule has 5 heteroatoms. The highest BCUT2D eigenvalue weighted by Crippen LogP contribution is 2.45. The van der Waals surface area contributed by atoms with Crippen molar-refractivity contribution in [3.8, 4) is 50.8 Å². The summed E-state index contributed by atoms with van der Waals surface area (Å²) in [5, 5.41) is 6.67. The number of hydrogen-bond donors (Lipinski definition) is 0. The Kier molecular flexibility index (Phi) is 6.79. The van der Waals surface area contributed by atoms with Gasteiger partial charge in [0.25, 0.3) is 0 Å². The molecule has 11 aromatic rings. The van der Waals surface area contributed by atoms with Gasteiger partial charge < -0.3 is 4.42 Å². The van der Waals surface area contributed by atoms with E-state index in [1.165, 1.54) is 5.39 Å². The lowest BCUT2D eigenvalue weighted by Gasteiger charge is -2.11. The molecule has 252 valence electrons. The number of benzene rings is 7. The first-order valence-corrected chi connectivity index (χ1v) is 18.1. The summed E-state index contributed by atoms with van der Waals surface area (Å²) in [6.07, 6.45) is 0. The second-order valence-corrected chi connectivity index (χ2v) is 13.6. The van der Waals surface area contributed by atoms with E-state index >= 15 is 0 Å². The number of pyridine rings is 1. The Balaban J connectivity index is 1.13. The first kappa shape index (κ1) is 30.3. The van der Waals surface area contributed by atoms with Gasteiger partial charge in [-0.1, -0.05) is 152 Å². The summed E-state index contributed by atoms with van der Waals surface area (Å²) in [6, 6.07) is 62.9. The Hall–Kier alpha value is -7.37. The molecule has 54 heavy (non-hydrogen) atoms. The quantitative estimate of drug-likeness (QED) is 0.180. The van der Waals surface area contributed by atoms with Gasteiger partial charge in [0.15, 0.2) is 11.4 Å². The van der Waals surface area contributed by atoms with E-state index in [4.69, 9.17) is 19.4 Å². The van der Waals surface area contributed by atoms with E-state index in [0.717, 1.165) is 94.3 Å². The minimum Gasteiger partial charge on any atom is -0.437 e. The predicted molar refractivity (Wildman–Crippen MR) is 221 cm³/mol. The number of furan rings is 1. The monoisotopic (exact) mass is 690 g/mol. The Morgan fingerprint density at radius 3 is 1.83 bits per heavy atom. The van der Waals surface area contributed by atoms with Crippen LogP contribution in [0.4, 0.5) is 0 Å². The third-order valence-corrected chi connectivity index (χ3v) is 10.4. The van der Waals surface area contributed by atoms with E-state index in [1.807, 2.05) is 36.4 Å². The average Bonchev–Trinajstić information content (AvgIpc) is 3.79. The van der Waals surface area contributed by atoms with E-state index in [0.29, 0.717) is 5.82 Å². The van der Waals surface area contributed by atoms with Gasteiger partial charge in [0.2, 0.25) is 5.71 Å². The molecule has 0 saturated heterocycles. The van der Waals surface area contributed by atoms with Crippen LogP contribution in [0.1, 0.15) is 0 Å². The third-order valence-electron chi connectivity index (χ3n) is 10.4. The fourth-order valence-corrected chi connectivity index (χ4v) is 7.91. The molecule has 0 spiro atoms. The molecule has 4 aromatic heterocycles. The van der Waals surface area contributed by atoms with Crippen molar-refractivity contribution < 1.29 is 4.42 Å². The topological polar surface area (TPSA) is 56.7 Å². The number of aromatic nitrogens is 4. The highest BCUT2D eigenvalue weighted by Gasteiger charge is 2.25. The van der Waals surface area contributed by atoms with Crippen LogP contribution in [0.3, 0.4) is 0 Å². The largest absolute Gasteiger partial charge is 0.437 e. The summed E-state index contributed by atoms with van der Waals surface area (Å²) in [5.74, 6) is 0.694. The summed E-state index contributed by atoms with van der Waals surface area (Å²) >= 11 is 0. The molecule has 0 amide bonds. The van der Waals surface area contributed by atoms with Crippen LogP contribution in [-0.4, -0.2) is 19.5 Å². The Labute approximate surface area is 310 Å². The van der Waals surface area contributed by atoms with Gasteiger partial charge in [0.05, 0.1) is 27.8 Å². The number of hydrogen-bond acceptors (Lipinski definition) is 4. The molecule has 7 aromatic carbocycles. The standard InChI is InChI=1S/C49H30N4O/c1-3-15-32(16-4-1)41-30-42(52-48(51-41)34-17-5-2-6-18-34)33-26-28-35(29-27-33)53-43-25-12-10-22-39(43)45-44-38-21-9-11-24-40(38)50-46(47(44)54-49(45)53)37-23-13-19-31-14-7-8-20-36(31)37/h1-30H. The summed E-state index contributed by atoms with van der Waals surface area (Å²) in [5.41, 5.74) is 11.2. The maximum atomic E-state index is 7.09. The van der Waals surface area contributed by atoms with E-state index in [-0.39, 0.29) is 0 Å². The third kappa shape index (κ3) is 4.76. The molecule has 0 radical (unpaired) electrons. The van der Waals surface area contributed by atoms with Gasteiger partial charge in [-0.05, 0) is 41.1 Å². The summed E-state index contributed by atoms with van der Waals surface area (Å²) in [6.45, 7) is 0. The molecule has 0 unspecified atom stereocenters. The van der Waals surface area contributed by atoms with Crippen LogP contribution in [0, 0.1) is 0 Å². The molecule has 5 nitrogen and oxygen atoms in total. The summed E-state index contributed by atoms with van der Waals surface area (Å²) < 4.78 is 9.33. The molecule has 0 aliphatic heterocycles. The van der Waals surface area contributed by atoms with E-state index in [1.54, 1.807) is 0 Å². The molecule has 0 bridgehead atoms. The van der Waals surface area contributed by atoms with Gasteiger partial charge in [0.1, 0.15) is 5.69 Å². The van der Waals surface area contributed by atoms with Gasteiger partial charge in [-0.3, -0.25) is 4.57 Å². The van der Waals surface area contributed by atoms with Crippen LogP contribution in [0.2, 0.25) is 0 Å². The molecule has 0 fully saturated rings. The molecule has 0 aliphatic rings. The SMILES string of the molecule is c1ccc(-c2cc(-c3ccc(-n4c5ccccc5c5c6c(oc54)c(-c4cccc5ccccc45)nc4ccccc46)cc3)nc(-c3ccccc3)n2)cc1. The first-order valence-electron chi connectivity index (χ1n) is 18.1. The highest BCUT2D eigenvalue weighted by molar-refractivity contribution is 6.28. The van der Waals surface area contributed by atoms with Crippen LogP contribution < -0.4 is 0 Å². The fraction of sp³-hybridized carbons (Fsp3) is 0. The minimum atomic E-state index is 0.694. The highest BCUT2D eigenvalue weighted by atomic mass is 16.3. The van der Waals surface area contributed by atoms with Crippen molar-refractivity contribution in [3.63, 3.8) is 0 Å². The van der Waals surface area contributed by atoms with Gasteiger partial charge in [-0.2, -0.15) is 0 Å². The predicted octanol–water partition coefficient (Wildman–Crippen LogP) is 12.7. The zero-order valence-electron chi connectivity index (χ0n) is 29.0. The van der Waals surface area contributed by atoms with Crippen LogP contribution in [-0.2, 0) is 0 Å². The minimum absolute atomic E-state index is 0.694. The molecular weight excluding hydrogens is 661 g/mol. The van der Waals surface area contributed by atoms with Crippen LogP contribution >= 0.6 is 0 Å². The number of para-hydroxylation sites is 2. The molecule has 0 N–H and O–H groups in total. The van der Waals surface area contributed by atoms with Gasteiger partial charge in [-0.15, -0.1) is 0 Å². The van der Waals surface area contributed by atoms with Crippen molar-refractivity contribution in [2.45, 2.75) is 0 Å². The lowest BCUT2D eigenvalue weighted by molar-refractivity contribution is 0.645. The fourth-order valence-electron chi connectivity index (χ4n) is 7.91. The molecule has 4 heterocycles. The average molecular weight is 691 g/mol. The van der Waals surface area contributed by atoms with Crippen molar-refractivity contribution in [3.05, 3.63) is 182 Å². The lowest BCUT2D eigenvalue weighted by Crippen LogP contribution is -1.97. The maximum Gasteiger partial charge on any atom is 0.213 e. The summed E-state index contributed by atoms with van der Waals surface area (Å²) in [4.78, 5) is 15.3. The van der Waals surface area contributed by atoms with Gasteiger partial charge in [-0.25, -0.2) is 15.0 Å². The van der Waals surface area contributed by atoms with E-state index in [2.05, 4.69) is 150 Å². The molecule has 11 rings (SSSR count). The molecule has 0 aliphatic carbocycles. The van der Waals surface area contributed by atoms with Crippen LogP contribution in [0.5, 0.6) is 0 Å². The number of rotatable bonds is 5. The Morgan fingerprint density at radius 2 is 1.06 bits per heavy atom. The second-order valence-electron chi connectivity index (χ2n) is 13.6. The summed E-state index contributed by atoms with van der Waals surface area (Å²) in [7, 11) is 0. The van der Waals surface area contributed by atoms with Crippen molar-refractivity contribution in [1.29, 1.82) is 0 Å². The van der Waals surface area contributed by atoms with Gasteiger partial charge >= 0.3 is 0 Å². The zero-order chi connectivity index (χ0) is 35.6. The molecule has 0 atom stereocenters. The Bertz CT molecular complexity index is 3140. The van der Waals surface area contributed by atoms with E-state index < -0.39 is 0 Å². The molecule has 0 saturated carbocycles. The molecular formula is C49H30N4O. The normalized spacial score (nSPS) is 11.7. The van der Waals surface area contributed by atoms with Gasteiger partial charge in [0, 0.05) is 44.1 Å². The first-order chi connectivity index (χ1) is 26.8. The number of fused-ring (bicyclic) bond motifs is 8. The second kappa shape index (κ2) is 12.1. The zero-order valence-corrected chi connectivity index (χ0v) is 29.0. The smallest absolute Gasteiger partial charge is 0.213 e. The Morgan fingerprint density at radius 1 is 0.444 bits per heavy atom.